The molecule has 3 heteroatoms. The van der Waals surface area contributed by atoms with E-state index in [2.05, 4.69) is 0 Å². The van der Waals surface area contributed by atoms with Gasteiger partial charge >= 0.3 is 0 Å². The average Bonchev–Trinajstić information content (AvgIpc) is 2.43. The van der Waals surface area contributed by atoms with Gasteiger partial charge in [-0.1, -0.05) is 25.7 Å². The summed E-state index contributed by atoms with van der Waals surface area (Å²) >= 11 is 0. The molecule has 0 unspecified atom stereocenters. The lowest BCUT2D eigenvalue weighted by Crippen LogP contribution is -2.25. The third-order valence-corrected chi connectivity index (χ3v) is 3.33. The lowest BCUT2D eigenvalue weighted by Gasteiger charge is -2.27. The molecule has 1 saturated carbocycles. The summed E-state index contributed by atoms with van der Waals surface area (Å²) in [6, 6.07) is 3.33. The van der Waals surface area contributed by atoms with Gasteiger partial charge in [0.05, 0.1) is 5.60 Å². The largest absolute Gasteiger partial charge is 0.385 e. The van der Waals surface area contributed by atoms with Crippen molar-refractivity contribution in [3.8, 4) is 0 Å². The molecule has 1 aliphatic carbocycles. The monoisotopic (exact) mass is 226 g/mol. The number of halogens is 2. The number of rotatable bonds is 1. The number of benzene rings is 1. The van der Waals surface area contributed by atoms with Gasteiger partial charge in [0.25, 0.3) is 0 Å². The standard InChI is InChI=1S/C13H16F2O/c14-11-7-10(8-12(15)9-11)13(16)5-3-1-2-4-6-13/h7-9,16H,1-6H2. The Labute approximate surface area is 94.1 Å². The topological polar surface area (TPSA) is 20.2 Å². The first kappa shape index (κ1) is 11.5. The Morgan fingerprint density at radius 3 is 1.88 bits per heavy atom. The third-order valence-electron chi connectivity index (χ3n) is 3.33. The van der Waals surface area contributed by atoms with Gasteiger partial charge in [-0.25, -0.2) is 8.78 Å². The van der Waals surface area contributed by atoms with Gasteiger partial charge in [-0.2, -0.15) is 0 Å². The van der Waals surface area contributed by atoms with Crippen molar-refractivity contribution in [2.45, 2.75) is 44.1 Å². The zero-order chi connectivity index (χ0) is 11.6. The zero-order valence-corrected chi connectivity index (χ0v) is 9.18. The molecule has 1 fully saturated rings. The van der Waals surface area contributed by atoms with Gasteiger partial charge in [0.15, 0.2) is 0 Å². The van der Waals surface area contributed by atoms with Gasteiger partial charge in [0.1, 0.15) is 11.6 Å². The lowest BCUT2D eigenvalue weighted by atomic mass is 9.86. The third kappa shape index (κ3) is 2.40. The highest BCUT2D eigenvalue weighted by Crippen LogP contribution is 2.36. The minimum absolute atomic E-state index is 0.381. The highest BCUT2D eigenvalue weighted by atomic mass is 19.1. The van der Waals surface area contributed by atoms with Crippen LogP contribution in [-0.4, -0.2) is 5.11 Å². The Kier molecular flexibility index (Phi) is 3.24. The molecule has 2 rings (SSSR count). The molecule has 88 valence electrons. The van der Waals surface area contributed by atoms with Crippen LogP contribution in [0.15, 0.2) is 18.2 Å². The fourth-order valence-corrected chi connectivity index (χ4v) is 2.42. The molecule has 1 aromatic carbocycles. The van der Waals surface area contributed by atoms with Crippen LogP contribution in [0.2, 0.25) is 0 Å². The summed E-state index contributed by atoms with van der Waals surface area (Å²) in [5, 5.41) is 10.4. The molecule has 0 bridgehead atoms. The van der Waals surface area contributed by atoms with Crippen molar-refractivity contribution in [2.75, 3.05) is 0 Å². The van der Waals surface area contributed by atoms with Gasteiger partial charge < -0.3 is 5.11 Å². The van der Waals surface area contributed by atoms with E-state index in [9.17, 15) is 13.9 Å². The molecule has 0 heterocycles. The van der Waals surface area contributed by atoms with Gasteiger partial charge in [0, 0.05) is 6.07 Å². The molecule has 0 aliphatic heterocycles. The van der Waals surface area contributed by atoms with Gasteiger partial charge in [-0.05, 0) is 30.5 Å². The van der Waals surface area contributed by atoms with Gasteiger partial charge in [0.2, 0.25) is 0 Å². The van der Waals surface area contributed by atoms with Crippen molar-refractivity contribution in [1.29, 1.82) is 0 Å². The quantitative estimate of drug-likeness (QED) is 0.726. The van der Waals surface area contributed by atoms with Crippen LogP contribution in [0.25, 0.3) is 0 Å². The maximum atomic E-state index is 13.1. The molecule has 1 nitrogen and oxygen atoms in total. The van der Waals surface area contributed by atoms with Crippen LogP contribution in [0.1, 0.15) is 44.1 Å². The van der Waals surface area contributed by atoms with Gasteiger partial charge in [-0.15, -0.1) is 0 Å². The minimum Gasteiger partial charge on any atom is -0.385 e. The second-order valence-corrected chi connectivity index (χ2v) is 4.60. The summed E-state index contributed by atoms with van der Waals surface area (Å²) in [5.41, 5.74) is -0.661. The van der Waals surface area contributed by atoms with E-state index in [-0.39, 0.29) is 0 Å². The Hall–Kier alpha value is -0.960. The maximum Gasteiger partial charge on any atom is 0.126 e. The molecule has 0 spiro atoms. The first-order chi connectivity index (χ1) is 7.60. The van der Waals surface area contributed by atoms with Crippen molar-refractivity contribution in [2.24, 2.45) is 0 Å². The van der Waals surface area contributed by atoms with Crippen molar-refractivity contribution in [3.05, 3.63) is 35.4 Å². The molecular formula is C13H16F2O. The molecule has 0 aromatic heterocycles. The van der Waals surface area contributed by atoms with Crippen molar-refractivity contribution in [3.63, 3.8) is 0 Å². The molecule has 0 atom stereocenters. The number of aliphatic hydroxyl groups is 1. The second-order valence-electron chi connectivity index (χ2n) is 4.60. The Morgan fingerprint density at radius 1 is 0.875 bits per heavy atom. The summed E-state index contributed by atoms with van der Waals surface area (Å²) in [4.78, 5) is 0. The van der Waals surface area contributed by atoms with E-state index in [1.807, 2.05) is 0 Å². The molecule has 1 aromatic rings. The molecule has 1 aliphatic rings. The van der Waals surface area contributed by atoms with Crippen molar-refractivity contribution >= 4 is 0 Å². The second kappa shape index (κ2) is 4.50. The van der Waals surface area contributed by atoms with Crippen molar-refractivity contribution in [1.82, 2.24) is 0 Å². The summed E-state index contributed by atoms with van der Waals surface area (Å²) in [5.74, 6) is -1.24. The predicted octanol–water partition coefficient (Wildman–Crippen LogP) is 3.51. The molecule has 1 N–H and O–H groups in total. The SMILES string of the molecule is OC1(c2cc(F)cc(F)c2)CCCCCC1. The summed E-state index contributed by atoms with van der Waals surface area (Å²) in [7, 11) is 0. The first-order valence-corrected chi connectivity index (χ1v) is 5.79. The van der Waals surface area contributed by atoms with Gasteiger partial charge in [-0.3, -0.25) is 0 Å². The zero-order valence-electron chi connectivity index (χ0n) is 9.18. The van der Waals surface area contributed by atoms with Crippen LogP contribution >= 0.6 is 0 Å². The van der Waals surface area contributed by atoms with E-state index in [4.69, 9.17) is 0 Å². The maximum absolute atomic E-state index is 13.1. The van der Waals surface area contributed by atoms with Crippen LogP contribution in [-0.2, 0) is 5.60 Å². The molecule has 16 heavy (non-hydrogen) atoms. The first-order valence-electron chi connectivity index (χ1n) is 5.79. The fourth-order valence-electron chi connectivity index (χ4n) is 2.42. The van der Waals surface area contributed by atoms with E-state index < -0.39 is 17.2 Å². The van der Waals surface area contributed by atoms with Crippen LogP contribution in [0.4, 0.5) is 8.78 Å². The Balaban J connectivity index is 2.32. The van der Waals surface area contributed by atoms with Crippen LogP contribution in [0, 0.1) is 11.6 Å². The fraction of sp³-hybridized carbons (Fsp3) is 0.538. The molecular weight excluding hydrogens is 210 g/mol. The molecule has 0 amide bonds. The summed E-state index contributed by atoms with van der Waals surface area (Å²) in [6.45, 7) is 0. The normalized spacial score (nSPS) is 20.4. The van der Waals surface area contributed by atoms with Crippen LogP contribution in [0.5, 0.6) is 0 Å². The highest BCUT2D eigenvalue weighted by Gasteiger charge is 2.30. The highest BCUT2D eigenvalue weighted by molar-refractivity contribution is 5.24. The lowest BCUT2D eigenvalue weighted by molar-refractivity contribution is 0.0201. The van der Waals surface area contributed by atoms with E-state index >= 15 is 0 Å². The number of hydrogen-bond acceptors (Lipinski definition) is 1. The van der Waals surface area contributed by atoms with Crippen LogP contribution in [0.3, 0.4) is 0 Å². The van der Waals surface area contributed by atoms with E-state index in [1.165, 1.54) is 12.1 Å². The molecule has 0 saturated heterocycles. The average molecular weight is 226 g/mol. The molecule has 0 radical (unpaired) electrons. The van der Waals surface area contributed by atoms with Crippen molar-refractivity contribution < 1.29 is 13.9 Å². The summed E-state index contributed by atoms with van der Waals surface area (Å²) in [6.07, 6.45) is 5.18. The minimum atomic E-state index is -1.04. The Morgan fingerprint density at radius 2 is 1.38 bits per heavy atom. The van der Waals surface area contributed by atoms with E-state index in [0.717, 1.165) is 31.7 Å². The smallest absolute Gasteiger partial charge is 0.126 e. The van der Waals surface area contributed by atoms with E-state index in [1.54, 1.807) is 0 Å². The predicted molar refractivity (Wildman–Crippen MR) is 58.0 cm³/mol. The Bertz CT molecular complexity index is 348. The number of hydrogen-bond donors (Lipinski definition) is 1. The van der Waals surface area contributed by atoms with E-state index in [0.29, 0.717) is 18.4 Å². The summed E-state index contributed by atoms with van der Waals surface area (Å²) < 4.78 is 26.2. The van der Waals surface area contributed by atoms with Crippen LogP contribution < -0.4 is 0 Å².